The minimum Gasteiger partial charge on any atom is -0.475 e. The third-order valence-electron chi connectivity index (χ3n) is 2.20. The van der Waals surface area contributed by atoms with Crippen molar-refractivity contribution in [3.8, 4) is 5.75 Å². The van der Waals surface area contributed by atoms with Crippen molar-refractivity contribution in [2.24, 2.45) is 0 Å². The van der Waals surface area contributed by atoms with E-state index in [0.29, 0.717) is 0 Å². The molecule has 1 unspecified atom stereocenters. The third kappa shape index (κ3) is 2.72. The van der Waals surface area contributed by atoms with E-state index in [0.717, 1.165) is 29.6 Å². The van der Waals surface area contributed by atoms with Gasteiger partial charge in [0.15, 0.2) is 0 Å². The molecule has 1 radical (unpaired) electrons. The molecular weight excluding hydrogens is 242 g/mol. The van der Waals surface area contributed by atoms with Crippen molar-refractivity contribution in [3.63, 3.8) is 0 Å². The maximum absolute atomic E-state index is 5.78. The standard InChI is InChI=1S/C11H13BrNO/c12-9-4-3-5-10(8-9)14-11-6-1-2-7-13-11/h2-5,8,11,13H,1,6-7H2. The molecule has 1 saturated heterocycles. The van der Waals surface area contributed by atoms with Gasteiger partial charge < -0.3 is 4.74 Å². The molecule has 2 rings (SSSR count). The Morgan fingerprint density at radius 3 is 3.07 bits per heavy atom. The van der Waals surface area contributed by atoms with E-state index in [2.05, 4.69) is 27.7 Å². The normalized spacial score (nSPS) is 21.9. The average molecular weight is 255 g/mol. The molecule has 0 bridgehead atoms. The molecule has 14 heavy (non-hydrogen) atoms. The Morgan fingerprint density at radius 2 is 2.36 bits per heavy atom. The highest BCUT2D eigenvalue weighted by Crippen LogP contribution is 2.20. The van der Waals surface area contributed by atoms with E-state index in [-0.39, 0.29) is 6.23 Å². The first kappa shape index (κ1) is 9.99. The average Bonchev–Trinajstić information content (AvgIpc) is 2.19. The van der Waals surface area contributed by atoms with E-state index in [1.807, 2.05) is 24.3 Å². The van der Waals surface area contributed by atoms with Crippen molar-refractivity contribution < 1.29 is 4.74 Å². The predicted octanol–water partition coefficient (Wildman–Crippen LogP) is 2.74. The Morgan fingerprint density at radius 1 is 1.43 bits per heavy atom. The van der Waals surface area contributed by atoms with Crippen molar-refractivity contribution >= 4 is 15.9 Å². The van der Waals surface area contributed by atoms with Crippen LogP contribution in [0.4, 0.5) is 0 Å². The van der Waals surface area contributed by atoms with Gasteiger partial charge in [0.2, 0.25) is 0 Å². The highest BCUT2D eigenvalue weighted by Gasteiger charge is 2.13. The summed E-state index contributed by atoms with van der Waals surface area (Å²) >= 11 is 3.42. The number of ether oxygens (including phenoxy) is 1. The Hall–Kier alpha value is -0.540. The van der Waals surface area contributed by atoms with Gasteiger partial charge in [0.25, 0.3) is 0 Å². The molecule has 0 amide bonds. The van der Waals surface area contributed by atoms with Gasteiger partial charge in [-0.05, 0) is 37.5 Å². The van der Waals surface area contributed by atoms with Gasteiger partial charge in [-0.15, -0.1) is 0 Å². The summed E-state index contributed by atoms with van der Waals surface area (Å²) < 4.78 is 6.83. The number of rotatable bonds is 2. The second kappa shape index (κ2) is 4.80. The topological polar surface area (TPSA) is 21.3 Å². The van der Waals surface area contributed by atoms with Crippen LogP contribution in [0.3, 0.4) is 0 Å². The molecule has 75 valence electrons. The smallest absolute Gasteiger partial charge is 0.150 e. The van der Waals surface area contributed by atoms with E-state index in [9.17, 15) is 0 Å². The number of piperidine rings is 1. The van der Waals surface area contributed by atoms with Crippen LogP contribution in [0, 0.1) is 6.42 Å². The van der Waals surface area contributed by atoms with Crippen molar-refractivity contribution in [1.82, 2.24) is 5.32 Å². The molecule has 0 spiro atoms. The van der Waals surface area contributed by atoms with Crippen molar-refractivity contribution in [2.75, 3.05) is 6.54 Å². The maximum atomic E-state index is 5.78. The molecule has 1 aromatic rings. The second-order valence-electron chi connectivity index (χ2n) is 3.34. The lowest BCUT2D eigenvalue weighted by molar-refractivity contribution is 0.145. The Labute approximate surface area is 92.8 Å². The fourth-order valence-electron chi connectivity index (χ4n) is 1.49. The molecule has 1 aromatic carbocycles. The molecule has 1 N–H and O–H groups in total. The minimum absolute atomic E-state index is 0.161. The van der Waals surface area contributed by atoms with Gasteiger partial charge in [0.1, 0.15) is 12.0 Å². The molecular formula is C11H13BrNO. The van der Waals surface area contributed by atoms with Crippen LogP contribution in [-0.4, -0.2) is 12.8 Å². The number of halogens is 1. The van der Waals surface area contributed by atoms with Gasteiger partial charge in [-0.3, -0.25) is 5.32 Å². The molecule has 1 aliphatic rings. The van der Waals surface area contributed by atoms with Crippen LogP contribution in [0.2, 0.25) is 0 Å². The predicted molar refractivity (Wildman–Crippen MR) is 60.1 cm³/mol. The Kier molecular flexibility index (Phi) is 3.43. The zero-order valence-corrected chi connectivity index (χ0v) is 9.46. The van der Waals surface area contributed by atoms with Crippen LogP contribution < -0.4 is 10.1 Å². The lowest BCUT2D eigenvalue weighted by atomic mass is 10.1. The maximum Gasteiger partial charge on any atom is 0.150 e. The van der Waals surface area contributed by atoms with Gasteiger partial charge in [0.05, 0.1) is 0 Å². The summed E-state index contributed by atoms with van der Waals surface area (Å²) in [6, 6.07) is 7.94. The first-order valence-corrected chi connectivity index (χ1v) is 5.61. The van der Waals surface area contributed by atoms with Crippen LogP contribution in [0.5, 0.6) is 5.75 Å². The van der Waals surface area contributed by atoms with Crippen LogP contribution >= 0.6 is 15.9 Å². The van der Waals surface area contributed by atoms with Gasteiger partial charge >= 0.3 is 0 Å². The second-order valence-corrected chi connectivity index (χ2v) is 4.25. The molecule has 0 aliphatic carbocycles. The van der Waals surface area contributed by atoms with E-state index in [4.69, 9.17) is 4.74 Å². The minimum atomic E-state index is 0.161. The highest BCUT2D eigenvalue weighted by molar-refractivity contribution is 9.10. The zero-order chi connectivity index (χ0) is 9.80. The van der Waals surface area contributed by atoms with E-state index >= 15 is 0 Å². The number of hydrogen-bond donors (Lipinski definition) is 1. The number of hydrogen-bond acceptors (Lipinski definition) is 2. The fraction of sp³-hybridized carbons (Fsp3) is 0.364. The van der Waals surface area contributed by atoms with Crippen molar-refractivity contribution in [2.45, 2.75) is 19.1 Å². The fourth-order valence-corrected chi connectivity index (χ4v) is 1.87. The van der Waals surface area contributed by atoms with Crippen LogP contribution in [0.1, 0.15) is 12.8 Å². The third-order valence-corrected chi connectivity index (χ3v) is 2.69. The monoisotopic (exact) mass is 254 g/mol. The largest absolute Gasteiger partial charge is 0.475 e. The Bertz CT molecular complexity index is 297. The first-order chi connectivity index (χ1) is 6.84. The molecule has 3 heteroatoms. The van der Waals surface area contributed by atoms with Crippen molar-refractivity contribution in [3.05, 3.63) is 35.2 Å². The molecule has 0 aromatic heterocycles. The van der Waals surface area contributed by atoms with Crippen LogP contribution in [0.25, 0.3) is 0 Å². The summed E-state index contributed by atoms with van der Waals surface area (Å²) in [6.45, 7) is 0.943. The van der Waals surface area contributed by atoms with E-state index < -0.39 is 0 Å². The number of nitrogens with one attached hydrogen (secondary N) is 1. The van der Waals surface area contributed by atoms with Crippen molar-refractivity contribution in [1.29, 1.82) is 0 Å². The highest BCUT2D eigenvalue weighted by atomic mass is 79.9. The molecule has 1 atom stereocenters. The summed E-state index contributed by atoms with van der Waals surface area (Å²) in [5, 5.41) is 3.29. The van der Waals surface area contributed by atoms with Gasteiger partial charge in [0, 0.05) is 11.0 Å². The summed E-state index contributed by atoms with van der Waals surface area (Å²) in [5.74, 6) is 0.916. The Balaban J connectivity index is 1.95. The lowest BCUT2D eigenvalue weighted by Gasteiger charge is -2.24. The summed E-state index contributed by atoms with van der Waals surface area (Å²) in [5.41, 5.74) is 0. The van der Waals surface area contributed by atoms with Crippen LogP contribution in [-0.2, 0) is 0 Å². The first-order valence-electron chi connectivity index (χ1n) is 4.82. The van der Waals surface area contributed by atoms with Gasteiger partial charge in [-0.25, -0.2) is 0 Å². The number of benzene rings is 1. The van der Waals surface area contributed by atoms with Crippen LogP contribution in [0.15, 0.2) is 28.7 Å². The van der Waals surface area contributed by atoms with E-state index in [1.165, 1.54) is 0 Å². The molecule has 1 aliphatic heterocycles. The molecule has 1 heterocycles. The van der Waals surface area contributed by atoms with Gasteiger partial charge in [-0.2, -0.15) is 0 Å². The summed E-state index contributed by atoms with van der Waals surface area (Å²) in [6.07, 6.45) is 4.58. The van der Waals surface area contributed by atoms with Gasteiger partial charge in [-0.1, -0.05) is 22.0 Å². The lowest BCUT2D eigenvalue weighted by Crippen LogP contribution is -2.38. The molecule has 2 nitrogen and oxygen atoms in total. The quantitative estimate of drug-likeness (QED) is 0.877. The summed E-state index contributed by atoms with van der Waals surface area (Å²) in [4.78, 5) is 0. The molecule has 0 saturated carbocycles. The van der Waals surface area contributed by atoms with E-state index in [1.54, 1.807) is 0 Å². The molecule has 1 fully saturated rings. The summed E-state index contributed by atoms with van der Waals surface area (Å²) in [7, 11) is 0. The zero-order valence-electron chi connectivity index (χ0n) is 7.87. The SMILES string of the molecule is Brc1cccc(OC2CC[CH]CN2)c1.